The molecule has 0 aliphatic carbocycles. The highest BCUT2D eigenvalue weighted by Crippen LogP contribution is 2.41. The quantitative estimate of drug-likeness (QED) is 0.525. The maximum Gasteiger partial charge on any atom is 0.259 e. The molecule has 0 N–H and O–H groups in total. The van der Waals surface area contributed by atoms with Crippen LogP contribution in [0, 0.1) is 11.3 Å². The maximum atomic E-state index is 12.4. The second-order valence-corrected chi connectivity index (χ2v) is 9.94. The van der Waals surface area contributed by atoms with Gasteiger partial charge in [-0.05, 0) is 41.4 Å². The van der Waals surface area contributed by atoms with Gasteiger partial charge in [-0.3, -0.25) is 4.79 Å². The van der Waals surface area contributed by atoms with Gasteiger partial charge in [0, 0.05) is 38.0 Å². The Morgan fingerprint density at radius 2 is 2.09 bits per heavy atom. The molecule has 0 saturated carbocycles. The minimum Gasteiger partial charge on any atom is -0.616 e. The maximum absolute atomic E-state index is 12.4. The molecule has 5 rings (SSSR count). The van der Waals surface area contributed by atoms with Crippen molar-refractivity contribution < 1.29 is 14.1 Å². The minimum absolute atomic E-state index is 0.0347. The monoisotopic (exact) mass is 473 g/mol. The second kappa shape index (κ2) is 8.97. The molecule has 0 bridgehead atoms. The molecule has 1 amide bonds. The first kappa shape index (κ1) is 22.2. The first-order chi connectivity index (χ1) is 16.4. The number of amides is 1. The highest BCUT2D eigenvalue weighted by Gasteiger charge is 2.33. The van der Waals surface area contributed by atoms with Gasteiger partial charge in [0.25, 0.3) is 5.91 Å². The molecule has 34 heavy (non-hydrogen) atoms. The number of rotatable bonds is 5. The van der Waals surface area contributed by atoms with E-state index in [1.165, 1.54) is 4.90 Å². The molecule has 2 aromatic carbocycles. The summed E-state index contributed by atoms with van der Waals surface area (Å²) in [6.07, 6.45) is 0.841. The number of nitrogens with zero attached hydrogens (tertiary/aromatic N) is 5. The molecule has 3 heterocycles. The largest absolute Gasteiger partial charge is 0.616 e. The van der Waals surface area contributed by atoms with Crippen LogP contribution >= 0.6 is 0 Å². The fraction of sp³-hybridized carbons (Fsp3) is 0.280. The SMILES string of the molecule is CN(C)C(=O)COc1ccc2c(c1)N(c1nc(-c3cccc(C#N)c3)nc3c1C[S+]([O-])C3)CC2. The van der Waals surface area contributed by atoms with Gasteiger partial charge in [0.15, 0.2) is 12.4 Å². The third-order valence-electron chi connectivity index (χ3n) is 5.99. The van der Waals surface area contributed by atoms with E-state index in [0.717, 1.165) is 46.9 Å². The number of fused-ring (bicyclic) bond motifs is 2. The summed E-state index contributed by atoms with van der Waals surface area (Å²) in [7, 11) is 3.39. The zero-order chi connectivity index (χ0) is 23.8. The molecule has 172 valence electrons. The van der Waals surface area contributed by atoms with E-state index in [4.69, 9.17) is 14.7 Å². The van der Waals surface area contributed by atoms with Crippen molar-refractivity contribution in [2.45, 2.75) is 17.9 Å². The van der Waals surface area contributed by atoms with E-state index in [2.05, 4.69) is 11.0 Å². The smallest absolute Gasteiger partial charge is 0.259 e. The molecular weight excluding hydrogens is 450 g/mol. The number of hydrogen-bond donors (Lipinski definition) is 0. The van der Waals surface area contributed by atoms with Gasteiger partial charge in [-0.2, -0.15) is 5.26 Å². The molecule has 3 aromatic rings. The Morgan fingerprint density at radius 3 is 2.88 bits per heavy atom. The van der Waals surface area contributed by atoms with E-state index >= 15 is 0 Å². The molecule has 8 nitrogen and oxygen atoms in total. The van der Waals surface area contributed by atoms with E-state index in [1.807, 2.05) is 30.3 Å². The molecule has 1 atom stereocenters. The summed E-state index contributed by atoms with van der Waals surface area (Å²) in [6.45, 7) is 0.691. The van der Waals surface area contributed by atoms with Crippen molar-refractivity contribution in [3.8, 4) is 23.2 Å². The Kier molecular flexibility index (Phi) is 5.86. The van der Waals surface area contributed by atoms with Crippen molar-refractivity contribution in [2.75, 3.05) is 32.1 Å². The van der Waals surface area contributed by atoms with Crippen LogP contribution < -0.4 is 9.64 Å². The number of hydrogen-bond acceptors (Lipinski definition) is 7. The van der Waals surface area contributed by atoms with Crippen LogP contribution in [0.1, 0.15) is 22.4 Å². The first-order valence-electron chi connectivity index (χ1n) is 10.9. The second-order valence-electron chi connectivity index (χ2n) is 8.49. The Hall–Kier alpha value is -3.61. The van der Waals surface area contributed by atoms with E-state index in [0.29, 0.717) is 28.6 Å². The Balaban J connectivity index is 1.54. The van der Waals surface area contributed by atoms with Crippen LogP contribution in [0.2, 0.25) is 0 Å². The number of carbonyl (C=O) groups excluding carboxylic acids is 1. The summed E-state index contributed by atoms with van der Waals surface area (Å²) in [5.74, 6) is 2.57. The molecular formula is C25H23N5O3S. The van der Waals surface area contributed by atoms with Gasteiger partial charge in [0.1, 0.15) is 28.8 Å². The number of benzene rings is 2. The molecule has 1 aromatic heterocycles. The topological polar surface area (TPSA) is 105 Å². The number of ether oxygens (including phenoxy) is 1. The molecule has 2 aliphatic rings. The normalized spacial score (nSPS) is 16.1. The van der Waals surface area contributed by atoms with Crippen molar-refractivity contribution in [3.63, 3.8) is 0 Å². The zero-order valence-electron chi connectivity index (χ0n) is 18.9. The summed E-state index contributed by atoms with van der Waals surface area (Å²) in [5.41, 5.74) is 5.10. The summed E-state index contributed by atoms with van der Waals surface area (Å²) in [5, 5.41) is 9.29. The van der Waals surface area contributed by atoms with Crippen molar-refractivity contribution in [2.24, 2.45) is 0 Å². The van der Waals surface area contributed by atoms with Crippen molar-refractivity contribution in [1.29, 1.82) is 5.26 Å². The summed E-state index contributed by atoms with van der Waals surface area (Å²) < 4.78 is 18.2. The fourth-order valence-electron chi connectivity index (χ4n) is 4.17. The predicted octanol–water partition coefficient (Wildman–Crippen LogP) is 2.94. The zero-order valence-corrected chi connectivity index (χ0v) is 19.8. The molecule has 0 fully saturated rings. The number of carbonyl (C=O) groups is 1. The van der Waals surface area contributed by atoms with Gasteiger partial charge in [-0.15, -0.1) is 0 Å². The highest BCUT2D eigenvalue weighted by atomic mass is 32.2. The lowest BCUT2D eigenvalue weighted by atomic mass is 10.1. The van der Waals surface area contributed by atoms with Crippen LogP contribution in [-0.2, 0) is 33.9 Å². The summed E-state index contributed by atoms with van der Waals surface area (Å²) in [6, 6.07) is 15.2. The van der Waals surface area contributed by atoms with Crippen LogP contribution in [0.25, 0.3) is 11.4 Å². The number of likely N-dealkylation sites (N-methyl/N-ethyl adjacent to an activating group) is 1. The molecule has 0 saturated heterocycles. The Morgan fingerprint density at radius 1 is 1.24 bits per heavy atom. The molecule has 9 heteroatoms. The van der Waals surface area contributed by atoms with Gasteiger partial charge in [-0.1, -0.05) is 18.2 Å². The Bertz CT molecular complexity index is 1320. The average Bonchev–Trinajstić information content (AvgIpc) is 3.44. The average molecular weight is 474 g/mol. The summed E-state index contributed by atoms with van der Waals surface area (Å²) >= 11 is -1.02. The van der Waals surface area contributed by atoms with Crippen LogP contribution in [0.15, 0.2) is 42.5 Å². The molecule has 0 radical (unpaired) electrons. The van der Waals surface area contributed by atoms with Crippen LogP contribution in [0.4, 0.5) is 11.5 Å². The van der Waals surface area contributed by atoms with Crippen molar-refractivity contribution >= 4 is 28.6 Å². The van der Waals surface area contributed by atoms with E-state index in [-0.39, 0.29) is 12.5 Å². The molecule has 2 aliphatic heterocycles. The van der Waals surface area contributed by atoms with Gasteiger partial charge >= 0.3 is 0 Å². The van der Waals surface area contributed by atoms with Gasteiger partial charge in [0.05, 0.1) is 17.2 Å². The number of anilines is 2. The standard InChI is InChI=1S/C25H23N5O3S/c1-29(2)23(31)13-33-19-7-6-17-8-9-30(22(17)11-19)25-20-14-34(32)15-21(20)27-24(28-25)18-5-3-4-16(10-18)12-26/h3-7,10-11H,8-9,13-15H2,1-2H3. The fourth-order valence-corrected chi connectivity index (χ4v) is 5.44. The van der Waals surface area contributed by atoms with E-state index < -0.39 is 11.2 Å². The summed E-state index contributed by atoms with van der Waals surface area (Å²) in [4.78, 5) is 25.2. The van der Waals surface area contributed by atoms with Crippen LogP contribution in [0.3, 0.4) is 0 Å². The first-order valence-corrected chi connectivity index (χ1v) is 12.4. The van der Waals surface area contributed by atoms with Gasteiger partial charge in [0.2, 0.25) is 0 Å². The van der Waals surface area contributed by atoms with Crippen LogP contribution in [0.5, 0.6) is 5.75 Å². The number of aromatic nitrogens is 2. The van der Waals surface area contributed by atoms with E-state index in [1.54, 1.807) is 26.2 Å². The third-order valence-corrected chi connectivity index (χ3v) is 7.20. The Labute approximate surface area is 201 Å². The van der Waals surface area contributed by atoms with Crippen LogP contribution in [-0.4, -0.2) is 52.6 Å². The van der Waals surface area contributed by atoms with E-state index in [9.17, 15) is 14.6 Å². The minimum atomic E-state index is -1.02. The number of nitriles is 1. The lowest BCUT2D eigenvalue weighted by molar-refractivity contribution is -0.130. The molecule has 1 unspecified atom stereocenters. The van der Waals surface area contributed by atoms with Crippen molar-refractivity contribution in [3.05, 3.63) is 64.8 Å². The molecule has 0 spiro atoms. The highest BCUT2D eigenvalue weighted by molar-refractivity contribution is 7.90. The van der Waals surface area contributed by atoms with Gasteiger partial charge in [-0.25, -0.2) is 9.97 Å². The third kappa shape index (κ3) is 4.18. The van der Waals surface area contributed by atoms with Gasteiger partial charge < -0.3 is 19.1 Å². The van der Waals surface area contributed by atoms with Crippen molar-refractivity contribution in [1.82, 2.24) is 14.9 Å². The predicted molar refractivity (Wildman–Crippen MR) is 129 cm³/mol. The lowest BCUT2D eigenvalue weighted by Gasteiger charge is -2.22. The lowest BCUT2D eigenvalue weighted by Crippen LogP contribution is -2.27.